The average Bonchev–Trinajstić information content (AvgIpc) is 3.26. The summed E-state index contributed by atoms with van der Waals surface area (Å²) >= 11 is 12.3. The van der Waals surface area contributed by atoms with Crippen molar-refractivity contribution in [2.75, 3.05) is 0 Å². The Morgan fingerprint density at radius 1 is 0.976 bits per heavy atom. The van der Waals surface area contributed by atoms with Crippen LogP contribution in [0.15, 0.2) is 77.7 Å². The molecule has 10 heteroatoms. The number of sulfone groups is 1. The monoisotopic (exact) mass is 617 g/mol. The summed E-state index contributed by atoms with van der Waals surface area (Å²) in [5.74, 6) is -1.12. The van der Waals surface area contributed by atoms with Gasteiger partial charge in [-0.25, -0.2) is 13.2 Å². The number of halogens is 2. The summed E-state index contributed by atoms with van der Waals surface area (Å²) in [5.41, 5.74) is 1.46. The predicted molar refractivity (Wildman–Crippen MR) is 159 cm³/mol. The molecule has 1 saturated heterocycles. The lowest BCUT2D eigenvalue weighted by molar-refractivity contribution is -0.145. The Balaban J connectivity index is 1.44. The van der Waals surface area contributed by atoms with E-state index in [-0.39, 0.29) is 16.6 Å². The number of cyclic esters (lactones) is 1. The third kappa shape index (κ3) is 8.47. The summed E-state index contributed by atoms with van der Waals surface area (Å²) in [7, 11) is -3.70. The van der Waals surface area contributed by atoms with E-state index >= 15 is 0 Å². The van der Waals surface area contributed by atoms with Gasteiger partial charge in [-0.3, -0.25) is 4.79 Å². The Hall–Kier alpha value is -3.07. The van der Waals surface area contributed by atoms with Crippen molar-refractivity contribution in [2.45, 2.75) is 68.4 Å². The van der Waals surface area contributed by atoms with E-state index in [1.54, 1.807) is 51.1 Å². The van der Waals surface area contributed by atoms with E-state index < -0.39 is 39.6 Å². The summed E-state index contributed by atoms with van der Waals surface area (Å²) in [5, 5.41) is 3.48. The molecule has 0 unspecified atom stereocenters. The summed E-state index contributed by atoms with van der Waals surface area (Å²) in [6, 6.07) is 20.5. The summed E-state index contributed by atoms with van der Waals surface area (Å²) in [4.78, 5) is 25.6. The fourth-order valence-corrected chi connectivity index (χ4v) is 6.84. The maximum Gasteiger partial charge on any atom is 0.408 e. The van der Waals surface area contributed by atoms with E-state index in [9.17, 15) is 18.0 Å². The molecule has 218 valence electrons. The molecule has 0 aromatic heterocycles. The lowest BCUT2D eigenvalue weighted by atomic mass is 9.92. The Bertz CT molecular complexity index is 1470. The largest absolute Gasteiger partial charge is 0.460 e. The van der Waals surface area contributed by atoms with E-state index in [0.29, 0.717) is 34.9 Å². The molecule has 3 atom stereocenters. The molecule has 0 bridgehead atoms. The molecule has 1 fully saturated rings. The highest BCUT2D eigenvalue weighted by molar-refractivity contribution is 7.90. The summed E-state index contributed by atoms with van der Waals surface area (Å²) in [6.07, 6.45) is 0.119. The minimum Gasteiger partial charge on any atom is -0.460 e. The van der Waals surface area contributed by atoms with Crippen LogP contribution in [-0.2, 0) is 42.7 Å². The molecule has 0 aliphatic carbocycles. The zero-order valence-electron chi connectivity index (χ0n) is 23.1. The standard InChI is InChI=1S/C31H33Cl2NO6S/c1-31(2,3)40-30(36)34-27(17-20-8-5-4-6-9-20)28-18-22(29(35)39-28)16-21-12-14-23(15-13-21)41(37,38)19-24-25(32)10-7-11-26(24)33/h4-15,22,27-28H,16-19H2,1-3H3,(H,34,36)/t22-,27+,28+/m1/s1. The van der Waals surface area contributed by atoms with Crippen molar-refractivity contribution in [1.82, 2.24) is 5.32 Å². The minimum atomic E-state index is -3.70. The number of rotatable bonds is 9. The van der Waals surface area contributed by atoms with Gasteiger partial charge in [-0.05, 0) is 69.0 Å². The number of ether oxygens (including phenoxy) is 2. The SMILES string of the molecule is CC(C)(C)OC(=O)N[C@@H](Cc1ccccc1)[C@@H]1C[C@@H](Cc2ccc(S(=O)(=O)Cc3c(Cl)cccc3Cl)cc2)C(=O)O1. The van der Waals surface area contributed by atoms with Crippen molar-refractivity contribution in [1.29, 1.82) is 0 Å². The zero-order valence-corrected chi connectivity index (χ0v) is 25.4. The molecular formula is C31H33Cl2NO6S. The third-order valence-electron chi connectivity index (χ3n) is 6.73. The lowest BCUT2D eigenvalue weighted by Gasteiger charge is -2.26. The van der Waals surface area contributed by atoms with Crippen molar-refractivity contribution in [3.63, 3.8) is 0 Å². The van der Waals surface area contributed by atoms with Crippen molar-refractivity contribution >= 4 is 45.1 Å². The molecule has 3 aromatic carbocycles. The molecule has 0 spiro atoms. The number of amides is 1. The fraction of sp³-hybridized carbons (Fsp3) is 0.355. The van der Waals surface area contributed by atoms with Gasteiger partial charge in [-0.15, -0.1) is 0 Å². The predicted octanol–water partition coefficient (Wildman–Crippen LogP) is 6.58. The van der Waals surface area contributed by atoms with Crippen LogP contribution in [0.5, 0.6) is 0 Å². The number of nitrogens with one attached hydrogen (secondary N) is 1. The highest BCUT2D eigenvalue weighted by atomic mass is 35.5. The van der Waals surface area contributed by atoms with Crippen molar-refractivity contribution in [2.24, 2.45) is 5.92 Å². The van der Waals surface area contributed by atoms with Crippen molar-refractivity contribution in [3.8, 4) is 0 Å². The van der Waals surface area contributed by atoms with E-state index in [0.717, 1.165) is 11.1 Å². The second-order valence-corrected chi connectivity index (χ2v) is 14.0. The molecular weight excluding hydrogens is 585 g/mol. The smallest absolute Gasteiger partial charge is 0.408 e. The van der Waals surface area contributed by atoms with Gasteiger partial charge in [-0.1, -0.05) is 71.7 Å². The molecule has 1 aliphatic heterocycles. The molecule has 41 heavy (non-hydrogen) atoms. The van der Waals surface area contributed by atoms with Gasteiger partial charge in [0.1, 0.15) is 11.7 Å². The van der Waals surface area contributed by atoms with Crippen LogP contribution in [0, 0.1) is 5.92 Å². The Labute approximate surface area is 251 Å². The Morgan fingerprint density at radius 2 is 1.61 bits per heavy atom. The summed E-state index contributed by atoms with van der Waals surface area (Å²) in [6.45, 7) is 5.35. The molecule has 1 amide bonds. The first kappa shape index (κ1) is 30.9. The third-order valence-corrected chi connectivity index (χ3v) is 9.09. The van der Waals surface area contributed by atoms with E-state index in [1.165, 1.54) is 12.1 Å². The van der Waals surface area contributed by atoms with Gasteiger partial charge < -0.3 is 14.8 Å². The average molecular weight is 619 g/mol. The van der Waals surface area contributed by atoms with Gasteiger partial charge in [-0.2, -0.15) is 0 Å². The van der Waals surface area contributed by atoms with Crippen molar-refractivity contribution in [3.05, 3.63) is 99.5 Å². The molecule has 7 nitrogen and oxygen atoms in total. The quantitative estimate of drug-likeness (QED) is 0.272. The molecule has 1 aliphatic rings. The van der Waals surface area contributed by atoms with Gasteiger partial charge in [0.15, 0.2) is 9.84 Å². The van der Waals surface area contributed by atoms with E-state index in [2.05, 4.69) is 5.32 Å². The van der Waals surface area contributed by atoms with Crippen molar-refractivity contribution < 1.29 is 27.5 Å². The normalized spacial score (nSPS) is 18.0. The number of hydrogen-bond acceptors (Lipinski definition) is 6. The number of hydrogen-bond donors (Lipinski definition) is 1. The Morgan fingerprint density at radius 3 is 2.22 bits per heavy atom. The van der Waals surface area contributed by atoms with Crippen LogP contribution in [-0.4, -0.2) is 38.2 Å². The van der Waals surface area contributed by atoms with Crippen LogP contribution in [0.4, 0.5) is 4.79 Å². The molecule has 1 N–H and O–H groups in total. The van der Waals surface area contributed by atoms with Gasteiger partial charge >= 0.3 is 12.1 Å². The molecule has 0 radical (unpaired) electrons. The van der Waals surface area contributed by atoms with Gasteiger partial charge in [0.05, 0.1) is 22.6 Å². The number of esters is 1. The lowest BCUT2D eigenvalue weighted by Crippen LogP contribution is -2.46. The van der Waals surface area contributed by atoms with Crippen LogP contribution < -0.4 is 5.32 Å². The maximum absolute atomic E-state index is 13.0. The van der Waals surface area contributed by atoms with Gasteiger partial charge in [0.2, 0.25) is 0 Å². The van der Waals surface area contributed by atoms with Gasteiger partial charge in [0, 0.05) is 22.0 Å². The first-order chi connectivity index (χ1) is 19.3. The topological polar surface area (TPSA) is 98.8 Å². The number of alkyl carbamates (subject to hydrolysis) is 1. The first-order valence-corrected chi connectivity index (χ1v) is 15.7. The summed E-state index contributed by atoms with van der Waals surface area (Å²) < 4.78 is 37.2. The van der Waals surface area contributed by atoms with Gasteiger partial charge in [0.25, 0.3) is 0 Å². The first-order valence-electron chi connectivity index (χ1n) is 13.3. The van der Waals surface area contributed by atoms with Crippen LogP contribution in [0.2, 0.25) is 10.0 Å². The molecule has 3 aromatic rings. The number of carbonyl (C=O) groups is 2. The van der Waals surface area contributed by atoms with E-state index in [1.807, 2.05) is 30.3 Å². The fourth-order valence-electron chi connectivity index (χ4n) is 4.75. The molecule has 1 heterocycles. The van der Waals surface area contributed by atoms with Crippen LogP contribution >= 0.6 is 23.2 Å². The minimum absolute atomic E-state index is 0.133. The van der Waals surface area contributed by atoms with Crippen LogP contribution in [0.1, 0.15) is 43.9 Å². The van der Waals surface area contributed by atoms with Crippen LogP contribution in [0.25, 0.3) is 0 Å². The number of carbonyl (C=O) groups excluding carboxylic acids is 2. The molecule has 0 saturated carbocycles. The van der Waals surface area contributed by atoms with Crippen LogP contribution in [0.3, 0.4) is 0 Å². The second-order valence-electron chi connectivity index (χ2n) is 11.2. The van der Waals surface area contributed by atoms with E-state index in [4.69, 9.17) is 32.7 Å². The Kier molecular flexibility index (Phi) is 9.67. The second kappa shape index (κ2) is 12.8. The highest BCUT2D eigenvalue weighted by Crippen LogP contribution is 2.31. The number of benzene rings is 3. The highest BCUT2D eigenvalue weighted by Gasteiger charge is 2.40. The molecule has 4 rings (SSSR count). The maximum atomic E-state index is 13.0. The zero-order chi connectivity index (χ0) is 29.8.